The second-order valence-electron chi connectivity index (χ2n) is 6.85. The van der Waals surface area contributed by atoms with Crippen molar-refractivity contribution in [2.75, 3.05) is 12.9 Å². The Labute approximate surface area is 171 Å². The van der Waals surface area contributed by atoms with Crippen LogP contribution in [0.2, 0.25) is 0 Å². The van der Waals surface area contributed by atoms with Gasteiger partial charge in [0, 0.05) is 22.9 Å². The van der Waals surface area contributed by atoms with Crippen molar-refractivity contribution < 1.29 is 17.5 Å². The summed E-state index contributed by atoms with van der Waals surface area (Å²) in [6.07, 6.45) is 3.08. The van der Waals surface area contributed by atoms with Crippen LogP contribution in [-0.4, -0.2) is 26.3 Å². The Morgan fingerprint density at radius 3 is 2.24 bits per heavy atom. The summed E-state index contributed by atoms with van der Waals surface area (Å²) >= 11 is 0. The number of hydrogen-bond donors (Lipinski definition) is 0. The van der Waals surface area contributed by atoms with E-state index in [1.54, 1.807) is 36.4 Å². The van der Waals surface area contributed by atoms with Crippen LogP contribution < -0.4 is 4.74 Å². The molecule has 0 aliphatic heterocycles. The van der Waals surface area contributed by atoms with Gasteiger partial charge in [0.05, 0.1) is 17.2 Å². The van der Waals surface area contributed by atoms with Gasteiger partial charge in [0.25, 0.3) is 0 Å². The van der Waals surface area contributed by atoms with E-state index >= 15 is 0 Å². The van der Waals surface area contributed by atoms with Crippen LogP contribution in [0.3, 0.4) is 0 Å². The summed E-state index contributed by atoms with van der Waals surface area (Å²) in [5.41, 5.74) is 3.54. The van der Waals surface area contributed by atoms with Crippen molar-refractivity contribution in [1.29, 1.82) is 0 Å². The number of rotatable bonds is 7. The molecule has 151 valence electrons. The highest BCUT2D eigenvalue weighted by Gasteiger charge is 2.15. The maximum Gasteiger partial charge on any atom is 0.217 e. The molecule has 0 N–H and O–H groups in total. The molecular weight excluding hydrogens is 389 g/mol. The Morgan fingerprint density at radius 2 is 1.66 bits per heavy atom. The van der Waals surface area contributed by atoms with Gasteiger partial charge in [-0.2, -0.15) is 0 Å². The molecule has 0 saturated heterocycles. The van der Waals surface area contributed by atoms with Crippen molar-refractivity contribution in [2.45, 2.75) is 24.7 Å². The van der Waals surface area contributed by atoms with Gasteiger partial charge in [-0.25, -0.2) is 17.8 Å². The topological polar surface area (TPSA) is 56.3 Å². The van der Waals surface area contributed by atoms with E-state index in [-0.39, 0.29) is 10.7 Å². The van der Waals surface area contributed by atoms with Crippen LogP contribution in [0.4, 0.5) is 4.39 Å². The number of sulfone groups is 1. The molecule has 0 amide bonds. The fourth-order valence-electron chi connectivity index (χ4n) is 2.91. The molecule has 0 atom stereocenters. The standard InChI is InChI=1S/C23H23FNO3S/c1-4-5-14-28-23-16(2)15-21(17-8-12-20(13-9-17)29(3,26)27)22(25-23)18-6-10-19(24)11-7-18/h6-13,15H,2,4-5,14H2,1,3H3. The van der Waals surface area contributed by atoms with Crippen molar-refractivity contribution in [3.8, 4) is 28.3 Å². The number of halogens is 1. The molecule has 0 aliphatic carbocycles. The van der Waals surface area contributed by atoms with Crippen molar-refractivity contribution in [1.82, 2.24) is 4.98 Å². The maximum atomic E-state index is 13.4. The van der Waals surface area contributed by atoms with Crippen molar-refractivity contribution >= 4 is 9.84 Å². The van der Waals surface area contributed by atoms with E-state index in [1.807, 2.05) is 6.07 Å². The van der Waals surface area contributed by atoms with Crippen LogP contribution in [0.5, 0.6) is 5.88 Å². The lowest BCUT2D eigenvalue weighted by Gasteiger charge is -2.15. The Kier molecular flexibility index (Phi) is 6.33. The second kappa shape index (κ2) is 8.74. The molecule has 29 heavy (non-hydrogen) atoms. The number of pyridine rings is 1. The molecule has 3 rings (SSSR count). The fraction of sp³-hybridized carbons (Fsp3) is 0.217. The van der Waals surface area contributed by atoms with Crippen LogP contribution in [0.1, 0.15) is 25.3 Å². The third-order valence-electron chi connectivity index (χ3n) is 4.51. The molecule has 3 aromatic rings. The van der Waals surface area contributed by atoms with Crippen LogP contribution >= 0.6 is 0 Å². The predicted molar refractivity (Wildman–Crippen MR) is 113 cm³/mol. The van der Waals surface area contributed by atoms with E-state index < -0.39 is 9.84 Å². The number of hydrogen-bond acceptors (Lipinski definition) is 4. The van der Waals surface area contributed by atoms with Gasteiger partial charge < -0.3 is 4.74 Å². The minimum absolute atomic E-state index is 0.243. The molecule has 0 saturated carbocycles. The number of nitrogens with zero attached hydrogens (tertiary/aromatic N) is 1. The van der Waals surface area contributed by atoms with Crippen LogP contribution in [0.15, 0.2) is 59.5 Å². The first-order chi connectivity index (χ1) is 13.8. The third-order valence-corrected chi connectivity index (χ3v) is 5.64. The Morgan fingerprint density at radius 1 is 1.03 bits per heavy atom. The predicted octanol–water partition coefficient (Wildman–Crippen LogP) is 5.32. The van der Waals surface area contributed by atoms with Crippen LogP contribution in [-0.2, 0) is 9.84 Å². The van der Waals surface area contributed by atoms with Gasteiger partial charge in [-0.05, 0) is 61.4 Å². The smallest absolute Gasteiger partial charge is 0.217 e. The van der Waals surface area contributed by atoms with E-state index in [0.717, 1.165) is 29.5 Å². The molecule has 2 aromatic carbocycles. The molecule has 1 heterocycles. The largest absolute Gasteiger partial charge is 0.477 e. The van der Waals surface area contributed by atoms with Gasteiger partial charge in [-0.15, -0.1) is 0 Å². The van der Waals surface area contributed by atoms with Crippen molar-refractivity contribution in [2.24, 2.45) is 0 Å². The lowest BCUT2D eigenvalue weighted by atomic mass is 9.98. The van der Waals surface area contributed by atoms with E-state index in [9.17, 15) is 12.8 Å². The highest BCUT2D eigenvalue weighted by molar-refractivity contribution is 7.90. The molecule has 0 fully saturated rings. The van der Waals surface area contributed by atoms with Crippen LogP contribution in [0.25, 0.3) is 22.4 Å². The number of benzene rings is 2. The molecule has 1 radical (unpaired) electrons. The summed E-state index contributed by atoms with van der Waals surface area (Å²) in [5.74, 6) is 0.107. The molecule has 6 heteroatoms. The highest BCUT2D eigenvalue weighted by Crippen LogP contribution is 2.35. The summed E-state index contributed by atoms with van der Waals surface area (Å²) in [7, 11) is -3.29. The summed E-state index contributed by atoms with van der Waals surface area (Å²) in [5, 5.41) is 0. The molecule has 0 bridgehead atoms. The van der Waals surface area contributed by atoms with Gasteiger partial charge >= 0.3 is 0 Å². The van der Waals surface area contributed by atoms with E-state index in [4.69, 9.17) is 4.74 Å². The van der Waals surface area contributed by atoms with Gasteiger partial charge in [0.2, 0.25) is 5.88 Å². The average Bonchev–Trinajstić information content (AvgIpc) is 2.69. The number of unbranched alkanes of at least 4 members (excludes halogenated alkanes) is 1. The number of aromatic nitrogens is 1. The Hall–Kier alpha value is -2.73. The highest BCUT2D eigenvalue weighted by atomic mass is 32.2. The fourth-order valence-corrected chi connectivity index (χ4v) is 3.54. The summed E-state index contributed by atoms with van der Waals surface area (Å²) < 4.78 is 42.7. The zero-order valence-corrected chi connectivity index (χ0v) is 17.3. The molecule has 0 aliphatic rings. The maximum absolute atomic E-state index is 13.4. The normalized spacial score (nSPS) is 11.4. The van der Waals surface area contributed by atoms with E-state index in [2.05, 4.69) is 18.8 Å². The van der Waals surface area contributed by atoms with Gasteiger partial charge in [0.15, 0.2) is 9.84 Å². The minimum atomic E-state index is -3.29. The monoisotopic (exact) mass is 412 g/mol. The van der Waals surface area contributed by atoms with Gasteiger partial charge in [0.1, 0.15) is 5.82 Å². The lowest BCUT2D eigenvalue weighted by Crippen LogP contribution is -2.03. The Balaban J connectivity index is 2.11. The van der Waals surface area contributed by atoms with Crippen LogP contribution in [0, 0.1) is 12.7 Å². The lowest BCUT2D eigenvalue weighted by molar-refractivity contribution is 0.297. The molecule has 0 unspecified atom stereocenters. The molecule has 0 spiro atoms. The number of ether oxygens (including phenoxy) is 1. The first-order valence-corrected chi connectivity index (χ1v) is 11.2. The van der Waals surface area contributed by atoms with Crippen molar-refractivity contribution in [3.05, 3.63) is 72.9 Å². The van der Waals surface area contributed by atoms with Gasteiger partial charge in [-0.1, -0.05) is 25.5 Å². The first-order valence-electron chi connectivity index (χ1n) is 9.36. The van der Waals surface area contributed by atoms with E-state index in [1.165, 1.54) is 18.4 Å². The SMILES string of the molecule is [CH2]c1cc(-c2ccc(S(C)(=O)=O)cc2)c(-c2ccc(F)cc2)nc1OCCCC. The summed E-state index contributed by atoms with van der Waals surface area (Å²) in [6, 6.07) is 14.5. The zero-order valence-electron chi connectivity index (χ0n) is 16.5. The molecular formula is C23H23FNO3S. The quantitative estimate of drug-likeness (QED) is 0.493. The molecule has 4 nitrogen and oxygen atoms in total. The third kappa shape index (κ3) is 5.01. The summed E-state index contributed by atoms with van der Waals surface area (Å²) in [6.45, 7) is 6.67. The second-order valence-corrected chi connectivity index (χ2v) is 8.87. The van der Waals surface area contributed by atoms with Crippen molar-refractivity contribution in [3.63, 3.8) is 0 Å². The van der Waals surface area contributed by atoms with Gasteiger partial charge in [-0.3, -0.25) is 0 Å². The summed E-state index contributed by atoms with van der Waals surface area (Å²) in [4.78, 5) is 4.91. The first kappa shape index (κ1) is 21.0. The minimum Gasteiger partial charge on any atom is -0.477 e. The van der Waals surface area contributed by atoms with E-state index in [0.29, 0.717) is 23.7 Å². The molecule has 1 aromatic heterocycles. The average molecular weight is 413 g/mol. The Bertz CT molecular complexity index is 1090. The zero-order chi connectivity index (χ0) is 21.0.